The molecule has 0 radical (unpaired) electrons. The van der Waals surface area contributed by atoms with Crippen LogP contribution < -0.4 is 11.5 Å². The van der Waals surface area contributed by atoms with E-state index >= 15 is 0 Å². The van der Waals surface area contributed by atoms with Gasteiger partial charge in [-0.05, 0) is 0 Å². The third-order valence-corrected chi connectivity index (χ3v) is 3.50. The van der Waals surface area contributed by atoms with Crippen LogP contribution in [0.3, 0.4) is 0 Å². The molecule has 22 heavy (non-hydrogen) atoms. The molecule has 10 nitrogen and oxygen atoms in total. The van der Waals surface area contributed by atoms with E-state index in [2.05, 4.69) is 0 Å². The Morgan fingerprint density at radius 1 is 0.909 bits per heavy atom. The third-order valence-electron chi connectivity index (χ3n) is 3.50. The zero-order valence-corrected chi connectivity index (χ0v) is 12.1. The summed E-state index contributed by atoms with van der Waals surface area (Å²) in [5.41, 5.74) is 11.3. The van der Waals surface area contributed by atoms with Crippen molar-refractivity contribution in [1.82, 2.24) is 0 Å². The molecule has 2 aliphatic heterocycles. The van der Waals surface area contributed by atoms with Crippen LogP contribution in [0.2, 0.25) is 0 Å². The minimum Gasteiger partial charge on any atom is -0.394 e. The first-order chi connectivity index (χ1) is 10.5. The largest absolute Gasteiger partial charge is 0.394 e. The Balaban J connectivity index is 1.77. The maximum atomic E-state index is 9.42. The highest BCUT2D eigenvalue weighted by Gasteiger charge is 2.36. The van der Waals surface area contributed by atoms with Crippen molar-refractivity contribution in [2.45, 2.75) is 43.2 Å². The predicted octanol–water partition coefficient (Wildman–Crippen LogP) is -3.56. The number of nitrogens with two attached hydrogens (primary N) is 2. The summed E-state index contributed by atoms with van der Waals surface area (Å²) in [6, 6.07) is 0. The van der Waals surface area contributed by atoms with Gasteiger partial charge in [0, 0.05) is 0 Å². The van der Waals surface area contributed by atoms with Crippen LogP contribution in [0.1, 0.15) is 0 Å². The molecular formula is C12H24N2O8. The lowest BCUT2D eigenvalue weighted by Gasteiger charge is -2.38. The van der Waals surface area contributed by atoms with Crippen LogP contribution in [-0.4, -0.2) is 91.5 Å². The summed E-state index contributed by atoms with van der Waals surface area (Å²) in [5.74, 6) is 0. The molecule has 130 valence electrons. The monoisotopic (exact) mass is 324 g/mol. The summed E-state index contributed by atoms with van der Waals surface area (Å²) < 4.78 is 26.7. The van der Waals surface area contributed by atoms with E-state index in [1.54, 1.807) is 0 Å². The molecule has 0 bridgehead atoms. The van der Waals surface area contributed by atoms with Crippen molar-refractivity contribution in [2.24, 2.45) is 11.5 Å². The average molecular weight is 324 g/mol. The SMILES string of the molecule is NC1O[C@H](COC[C@@H]2OC(CO)COC2N)C(CO)O[C@H]1O. The molecule has 0 aromatic heterocycles. The molecule has 0 saturated carbocycles. The Labute approximate surface area is 127 Å². The van der Waals surface area contributed by atoms with Gasteiger partial charge in [-0.3, -0.25) is 0 Å². The van der Waals surface area contributed by atoms with Crippen LogP contribution in [0.25, 0.3) is 0 Å². The number of ether oxygens (including phenoxy) is 5. The highest BCUT2D eigenvalue weighted by molar-refractivity contribution is 4.78. The lowest BCUT2D eigenvalue weighted by atomic mass is 10.2. The van der Waals surface area contributed by atoms with Gasteiger partial charge in [0.1, 0.15) is 30.6 Å². The highest BCUT2D eigenvalue weighted by Crippen LogP contribution is 2.18. The lowest BCUT2D eigenvalue weighted by Crippen LogP contribution is -2.56. The van der Waals surface area contributed by atoms with Crippen LogP contribution in [0.5, 0.6) is 0 Å². The maximum absolute atomic E-state index is 9.42. The summed E-state index contributed by atoms with van der Waals surface area (Å²) in [6.07, 6.45) is -5.27. The fraction of sp³-hybridized carbons (Fsp3) is 1.00. The summed E-state index contributed by atoms with van der Waals surface area (Å²) in [4.78, 5) is 0. The number of hydrogen-bond donors (Lipinski definition) is 5. The quantitative estimate of drug-likeness (QED) is 0.331. The second-order valence-electron chi connectivity index (χ2n) is 5.20. The average Bonchev–Trinajstić information content (AvgIpc) is 2.52. The maximum Gasteiger partial charge on any atom is 0.195 e. The van der Waals surface area contributed by atoms with Crippen molar-refractivity contribution in [3.63, 3.8) is 0 Å². The minimum atomic E-state index is -1.29. The summed E-state index contributed by atoms with van der Waals surface area (Å²) in [6.45, 7) is -0.0857. The molecule has 10 heteroatoms. The minimum absolute atomic E-state index is 0.0714. The van der Waals surface area contributed by atoms with Gasteiger partial charge >= 0.3 is 0 Å². The Bertz CT molecular complexity index is 336. The molecule has 7 atom stereocenters. The van der Waals surface area contributed by atoms with Crippen molar-refractivity contribution < 1.29 is 39.0 Å². The van der Waals surface area contributed by atoms with Gasteiger partial charge in [-0.15, -0.1) is 0 Å². The molecule has 0 spiro atoms. The molecule has 0 aromatic rings. The number of aliphatic hydroxyl groups is 3. The Kier molecular flexibility index (Phi) is 6.89. The van der Waals surface area contributed by atoms with Gasteiger partial charge in [0.2, 0.25) is 0 Å². The standard InChI is InChI=1S/C12H24N2O8/c13-10-9(20-6(1-15)3-19-10)5-18-4-8-7(2-16)22-12(17)11(14)21-8/h6-12,15-17H,1-5,13-14H2/t6?,7?,8-,9+,10?,11?,12-/m1/s1. The van der Waals surface area contributed by atoms with E-state index in [0.29, 0.717) is 0 Å². The molecular weight excluding hydrogens is 300 g/mol. The lowest BCUT2D eigenvalue weighted by molar-refractivity contribution is -0.296. The van der Waals surface area contributed by atoms with Gasteiger partial charge in [0.05, 0.1) is 33.0 Å². The molecule has 2 rings (SSSR count). The van der Waals surface area contributed by atoms with Gasteiger partial charge in [0.15, 0.2) is 12.5 Å². The zero-order valence-electron chi connectivity index (χ0n) is 12.1. The van der Waals surface area contributed by atoms with E-state index < -0.39 is 43.2 Å². The first-order valence-electron chi connectivity index (χ1n) is 7.11. The normalized spacial score (nSPS) is 43.2. The topological polar surface area (TPSA) is 159 Å². The van der Waals surface area contributed by atoms with Crippen molar-refractivity contribution >= 4 is 0 Å². The fourth-order valence-electron chi connectivity index (χ4n) is 2.23. The van der Waals surface area contributed by atoms with Crippen LogP contribution >= 0.6 is 0 Å². The van der Waals surface area contributed by atoms with E-state index in [1.165, 1.54) is 0 Å². The molecule has 2 fully saturated rings. The fourth-order valence-corrected chi connectivity index (χ4v) is 2.23. The van der Waals surface area contributed by atoms with Crippen LogP contribution in [0, 0.1) is 0 Å². The molecule has 4 unspecified atom stereocenters. The van der Waals surface area contributed by atoms with Crippen molar-refractivity contribution in [2.75, 3.05) is 33.0 Å². The molecule has 0 aliphatic carbocycles. The summed E-state index contributed by atoms with van der Waals surface area (Å²) in [5, 5.41) is 27.7. The second-order valence-corrected chi connectivity index (χ2v) is 5.20. The van der Waals surface area contributed by atoms with E-state index in [-0.39, 0.29) is 33.0 Å². The number of hydrogen-bond acceptors (Lipinski definition) is 10. The van der Waals surface area contributed by atoms with Gasteiger partial charge in [-0.2, -0.15) is 0 Å². The summed E-state index contributed by atoms with van der Waals surface area (Å²) in [7, 11) is 0. The predicted molar refractivity (Wildman–Crippen MR) is 71.3 cm³/mol. The van der Waals surface area contributed by atoms with Crippen LogP contribution in [0.15, 0.2) is 0 Å². The Morgan fingerprint density at radius 3 is 2.32 bits per heavy atom. The first kappa shape index (κ1) is 17.9. The Hall–Kier alpha value is -0.400. The van der Waals surface area contributed by atoms with E-state index in [0.717, 1.165) is 0 Å². The zero-order chi connectivity index (χ0) is 16.1. The van der Waals surface area contributed by atoms with Gasteiger partial charge < -0.3 is 50.5 Å². The molecule has 2 saturated heterocycles. The second kappa shape index (κ2) is 8.45. The first-order valence-corrected chi connectivity index (χ1v) is 7.11. The van der Waals surface area contributed by atoms with Gasteiger partial charge in [0.25, 0.3) is 0 Å². The molecule has 7 N–H and O–H groups in total. The van der Waals surface area contributed by atoms with E-state index in [1.807, 2.05) is 0 Å². The van der Waals surface area contributed by atoms with E-state index in [9.17, 15) is 10.2 Å². The summed E-state index contributed by atoms with van der Waals surface area (Å²) >= 11 is 0. The van der Waals surface area contributed by atoms with Crippen LogP contribution in [0.4, 0.5) is 0 Å². The number of aliphatic hydroxyl groups excluding tert-OH is 3. The number of rotatable bonds is 6. The van der Waals surface area contributed by atoms with Crippen molar-refractivity contribution in [3.05, 3.63) is 0 Å². The Morgan fingerprint density at radius 2 is 1.64 bits per heavy atom. The highest BCUT2D eigenvalue weighted by atomic mass is 16.7. The van der Waals surface area contributed by atoms with Crippen LogP contribution in [-0.2, 0) is 23.7 Å². The van der Waals surface area contributed by atoms with Gasteiger partial charge in [-0.25, -0.2) is 0 Å². The molecule has 2 aliphatic rings. The van der Waals surface area contributed by atoms with Crippen molar-refractivity contribution in [3.8, 4) is 0 Å². The smallest absolute Gasteiger partial charge is 0.195 e. The third kappa shape index (κ3) is 4.55. The van der Waals surface area contributed by atoms with Crippen molar-refractivity contribution in [1.29, 1.82) is 0 Å². The molecule has 2 heterocycles. The molecule has 0 amide bonds. The van der Waals surface area contributed by atoms with E-state index in [4.69, 9.17) is 40.3 Å². The molecule has 0 aromatic carbocycles. The van der Waals surface area contributed by atoms with Gasteiger partial charge in [-0.1, -0.05) is 0 Å².